The molecule has 22 heavy (non-hydrogen) atoms. The number of guanidine groups is 1. The Morgan fingerprint density at radius 1 is 1.27 bits per heavy atom. The molecule has 118 valence electrons. The summed E-state index contributed by atoms with van der Waals surface area (Å²) in [4.78, 5) is 10.0. The monoisotopic (exact) mass is 316 g/mol. The third-order valence-corrected chi connectivity index (χ3v) is 4.89. The Hall–Kier alpha value is -1.88. The number of hydrogen-bond acceptors (Lipinski definition) is 3. The van der Waals surface area contributed by atoms with Crippen molar-refractivity contribution in [3.8, 4) is 0 Å². The molecule has 2 aromatic rings. The van der Waals surface area contributed by atoms with E-state index in [2.05, 4.69) is 65.0 Å². The molecular formula is C17H24N4S. The molecule has 0 spiro atoms. The highest BCUT2D eigenvalue weighted by molar-refractivity contribution is 7.10. The molecule has 0 unspecified atom stereocenters. The highest BCUT2D eigenvalue weighted by Gasteiger charge is 2.21. The Bertz CT molecular complexity index is 617. The van der Waals surface area contributed by atoms with Gasteiger partial charge in [-0.1, -0.05) is 26.0 Å². The van der Waals surface area contributed by atoms with E-state index in [1.165, 1.54) is 10.4 Å². The number of aryl methyl sites for hydroxylation is 1. The first-order valence-electron chi connectivity index (χ1n) is 7.42. The molecule has 0 saturated carbocycles. The second kappa shape index (κ2) is 7.40. The van der Waals surface area contributed by atoms with Crippen molar-refractivity contribution in [3.05, 3.63) is 52.0 Å². The van der Waals surface area contributed by atoms with Gasteiger partial charge in [0.2, 0.25) is 0 Å². The molecule has 0 aromatic carbocycles. The summed E-state index contributed by atoms with van der Waals surface area (Å²) in [6, 6.07) is 8.30. The minimum absolute atomic E-state index is 0.0761. The zero-order chi connectivity index (χ0) is 16.0. The topological polar surface area (TPSA) is 49.3 Å². The maximum absolute atomic E-state index is 4.39. The minimum atomic E-state index is 0.0761. The molecule has 5 heteroatoms. The number of nitrogens with one attached hydrogen (secondary N) is 2. The Morgan fingerprint density at radius 2 is 2.09 bits per heavy atom. The van der Waals surface area contributed by atoms with Crippen LogP contribution in [0.4, 0.5) is 0 Å². The molecule has 0 radical (unpaired) electrons. The number of nitrogens with zero attached hydrogens (tertiary/aromatic N) is 2. The Labute approximate surface area is 136 Å². The second-order valence-corrected chi connectivity index (χ2v) is 6.86. The third kappa shape index (κ3) is 4.31. The SMILES string of the molecule is CN=C(NCc1ncccc1C)NCC(C)(C)c1cccs1. The van der Waals surface area contributed by atoms with Gasteiger partial charge in [0.25, 0.3) is 0 Å². The van der Waals surface area contributed by atoms with Crippen LogP contribution in [0, 0.1) is 6.92 Å². The molecule has 4 nitrogen and oxygen atoms in total. The second-order valence-electron chi connectivity index (χ2n) is 5.91. The molecule has 0 aliphatic carbocycles. The van der Waals surface area contributed by atoms with Gasteiger partial charge in [-0.15, -0.1) is 11.3 Å². The van der Waals surface area contributed by atoms with Crippen LogP contribution in [0.5, 0.6) is 0 Å². The van der Waals surface area contributed by atoms with Crippen LogP contribution in [0.3, 0.4) is 0 Å². The van der Waals surface area contributed by atoms with Gasteiger partial charge < -0.3 is 10.6 Å². The van der Waals surface area contributed by atoms with Crippen LogP contribution >= 0.6 is 11.3 Å². The van der Waals surface area contributed by atoms with E-state index in [1.807, 2.05) is 12.3 Å². The first kappa shape index (κ1) is 16.5. The van der Waals surface area contributed by atoms with Gasteiger partial charge in [0.1, 0.15) is 0 Å². The number of hydrogen-bond donors (Lipinski definition) is 2. The average Bonchev–Trinajstić information content (AvgIpc) is 3.04. The summed E-state index contributed by atoms with van der Waals surface area (Å²) in [6.07, 6.45) is 1.82. The van der Waals surface area contributed by atoms with E-state index in [0.717, 1.165) is 18.2 Å². The predicted molar refractivity (Wildman–Crippen MR) is 94.5 cm³/mol. The maximum Gasteiger partial charge on any atom is 0.191 e. The summed E-state index contributed by atoms with van der Waals surface area (Å²) in [5.41, 5.74) is 2.31. The summed E-state index contributed by atoms with van der Waals surface area (Å²) < 4.78 is 0. The van der Waals surface area contributed by atoms with Crippen molar-refractivity contribution < 1.29 is 0 Å². The van der Waals surface area contributed by atoms with Crippen molar-refractivity contribution in [2.45, 2.75) is 32.7 Å². The van der Waals surface area contributed by atoms with Crippen molar-refractivity contribution in [2.75, 3.05) is 13.6 Å². The predicted octanol–water partition coefficient (Wildman–Crippen LogP) is 3.09. The molecule has 2 aromatic heterocycles. The summed E-state index contributed by atoms with van der Waals surface area (Å²) in [5, 5.41) is 8.85. The summed E-state index contributed by atoms with van der Waals surface area (Å²) in [5.74, 6) is 0.801. The quantitative estimate of drug-likeness (QED) is 0.658. The van der Waals surface area contributed by atoms with E-state index in [4.69, 9.17) is 0 Å². The van der Waals surface area contributed by atoms with Gasteiger partial charge in [0.15, 0.2) is 5.96 Å². The highest BCUT2D eigenvalue weighted by Crippen LogP contribution is 2.26. The Balaban J connectivity index is 1.89. The Morgan fingerprint density at radius 3 is 2.73 bits per heavy atom. The molecule has 0 atom stereocenters. The van der Waals surface area contributed by atoms with E-state index in [1.54, 1.807) is 18.4 Å². The van der Waals surface area contributed by atoms with E-state index in [9.17, 15) is 0 Å². The molecular weight excluding hydrogens is 292 g/mol. The lowest BCUT2D eigenvalue weighted by Crippen LogP contribution is -2.43. The minimum Gasteiger partial charge on any atom is -0.356 e. The van der Waals surface area contributed by atoms with Gasteiger partial charge in [-0.3, -0.25) is 9.98 Å². The standard InChI is InChI=1S/C17H24N4S/c1-13-7-5-9-19-14(13)11-20-16(18-4)21-12-17(2,3)15-8-6-10-22-15/h5-10H,11-12H2,1-4H3,(H2,18,20,21). The van der Waals surface area contributed by atoms with Gasteiger partial charge in [-0.05, 0) is 30.0 Å². The molecule has 0 amide bonds. The molecule has 2 rings (SSSR count). The largest absolute Gasteiger partial charge is 0.356 e. The fourth-order valence-electron chi connectivity index (χ4n) is 2.15. The van der Waals surface area contributed by atoms with Gasteiger partial charge in [0, 0.05) is 30.1 Å². The van der Waals surface area contributed by atoms with Crippen LogP contribution in [0.15, 0.2) is 40.8 Å². The van der Waals surface area contributed by atoms with Crippen molar-refractivity contribution in [3.63, 3.8) is 0 Å². The molecule has 2 N–H and O–H groups in total. The average molecular weight is 316 g/mol. The molecule has 0 aliphatic heterocycles. The van der Waals surface area contributed by atoms with Gasteiger partial charge in [-0.25, -0.2) is 0 Å². The lowest BCUT2D eigenvalue weighted by molar-refractivity contribution is 0.518. The number of pyridine rings is 1. The normalized spacial score (nSPS) is 12.3. The summed E-state index contributed by atoms with van der Waals surface area (Å²) in [7, 11) is 1.79. The first-order chi connectivity index (χ1) is 10.5. The number of aromatic nitrogens is 1. The van der Waals surface area contributed by atoms with Crippen LogP contribution in [-0.4, -0.2) is 24.5 Å². The first-order valence-corrected chi connectivity index (χ1v) is 8.30. The van der Waals surface area contributed by atoms with Crippen LogP contribution < -0.4 is 10.6 Å². The fraction of sp³-hybridized carbons (Fsp3) is 0.412. The molecule has 0 fully saturated rings. The van der Waals surface area contributed by atoms with Crippen molar-refractivity contribution in [1.29, 1.82) is 0 Å². The van der Waals surface area contributed by atoms with E-state index in [0.29, 0.717) is 6.54 Å². The third-order valence-electron chi connectivity index (χ3n) is 3.65. The van der Waals surface area contributed by atoms with Gasteiger partial charge in [0.05, 0.1) is 12.2 Å². The zero-order valence-corrected chi connectivity index (χ0v) is 14.5. The maximum atomic E-state index is 4.39. The van der Waals surface area contributed by atoms with E-state index < -0.39 is 0 Å². The van der Waals surface area contributed by atoms with Crippen LogP contribution in [-0.2, 0) is 12.0 Å². The van der Waals surface area contributed by atoms with Crippen molar-refractivity contribution >= 4 is 17.3 Å². The van der Waals surface area contributed by atoms with Crippen LogP contribution in [0.25, 0.3) is 0 Å². The number of thiophene rings is 1. The summed E-state index contributed by atoms with van der Waals surface area (Å²) in [6.45, 7) is 8.05. The number of rotatable bonds is 5. The zero-order valence-electron chi connectivity index (χ0n) is 13.7. The lowest BCUT2D eigenvalue weighted by Gasteiger charge is -2.25. The van der Waals surface area contributed by atoms with E-state index in [-0.39, 0.29) is 5.41 Å². The molecule has 0 bridgehead atoms. The lowest BCUT2D eigenvalue weighted by atomic mass is 9.91. The van der Waals surface area contributed by atoms with Crippen molar-refractivity contribution in [1.82, 2.24) is 15.6 Å². The Kier molecular flexibility index (Phi) is 5.55. The van der Waals surface area contributed by atoms with Crippen molar-refractivity contribution in [2.24, 2.45) is 4.99 Å². The van der Waals surface area contributed by atoms with Crippen LogP contribution in [0.1, 0.15) is 30.0 Å². The summed E-state index contributed by atoms with van der Waals surface area (Å²) >= 11 is 1.79. The molecule has 0 aliphatic rings. The van der Waals surface area contributed by atoms with E-state index >= 15 is 0 Å². The highest BCUT2D eigenvalue weighted by atomic mass is 32.1. The molecule has 0 saturated heterocycles. The van der Waals surface area contributed by atoms with Gasteiger partial charge in [-0.2, -0.15) is 0 Å². The molecule has 2 heterocycles. The van der Waals surface area contributed by atoms with Gasteiger partial charge >= 0.3 is 0 Å². The number of aliphatic imine (C=N–C) groups is 1. The fourth-order valence-corrected chi connectivity index (χ4v) is 3.00. The van der Waals surface area contributed by atoms with Crippen LogP contribution in [0.2, 0.25) is 0 Å². The smallest absolute Gasteiger partial charge is 0.191 e.